The molecule has 8 amide bonds. The zero-order chi connectivity index (χ0) is 107. The lowest BCUT2D eigenvalue weighted by Crippen LogP contribution is -2.62. The number of ketones is 6. The van der Waals surface area contributed by atoms with Gasteiger partial charge in [0.1, 0.15) is 74.1 Å². The molecule has 0 spiro atoms. The van der Waals surface area contributed by atoms with Gasteiger partial charge in [-0.3, -0.25) is 109 Å². The fraction of sp³-hybridized carbons (Fsp3) is 0.713. The van der Waals surface area contributed by atoms with Crippen LogP contribution in [0, 0.1) is 41.4 Å². The molecule has 56 heteroatoms. The van der Waals surface area contributed by atoms with Gasteiger partial charge in [-0.1, -0.05) is 52.5 Å². The number of hydrogen-bond donors (Lipinski definition) is 21. The fourth-order valence-electron chi connectivity index (χ4n) is 14.2. The topological polar surface area (TPSA) is 848 Å². The molecule has 0 aliphatic carbocycles. The van der Waals surface area contributed by atoms with Crippen molar-refractivity contribution in [3.63, 3.8) is 0 Å². The summed E-state index contributed by atoms with van der Waals surface area (Å²) in [7, 11) is 0. The SMILES string of the molecule is C.CC(C)[C@H](CC(=O)[C@H](CCC(=O)O)NC(=O)[C@H](CC(=O)O)CC(=O)C1OC(CNC(=O)Cn2cc(CCC[18F])nn2)C(O)C(O)C1O)C(=O)N[C@@H](CC(=O)O)C(=O)CCC(N)=O.CC(C)[C@H](CC(=O)[C@H](CCC(=O)O)NC(=O)[C@H](CC(=O)O)CC(=O)C1OC(CNC(=O)Cn2cc(CCC[18F])nn2)C(O)C(O)C1O)C(=O)N[C@@H](CC(=O)O)C(=O)C[C@@H](C)C(=O)NCCOCCOCCOCCOCCC(=O)O. The maximum atomic E-state index is 13.9. The van der Waals surface area contributed by atoms with Crippen LogP contribution in [0.1, 0.15) is 169 Å². The Morgan fingerprint density at radius 2 is 0.741 bits per heavy atom. The van der Waals surface area contributed by atoms with Crippen LogP contribution >= 0.6 is 0 Å². The second-order valence-electron chi connectivity index (χ2n) is 34.3. The van der Waals surface area contributed by atoms with Crippen molar-refractivity contribution in [3.05, 3.63) is 23.8 Å². The number of carbonyl (C=O) groups excluding carboxylic acids is 14. The number of primary amides is 1. The smallest absolute Gasteiger partial charge is 0.305 e. The minimum absolute atomic E-state index is 0. The first-order chi connectivity index (χ1) is 66.9. The van der Waals surface area contributed by atoms with E-state index in [1.807, 2.05) is 0 Å². The predicted octanol–water partition coefficient (Wildman–Crippen LogP) is -5.80. The maximum absolute atomic E-state index is 13.9. The number of halogens is 2. The number of rotatable bonds is 73. The zero-order valence-corrected chi connectivity index (χ0v) is 78.9. The number of carboxylic acids is 7. The summed E-state index contributed by atoms with van der Waals surface area (Å²) in [4.78, 5) is 265. The number of nitrogens with zero attached hydrogens (tertiary/aromatic N) is 6. The van der Waals surface area contributed by atoms with E-state index in [0.29, 0.717) is 11.4 Å². The van der Waals surface area contributed by atoms with E-state index in [4.69, 9.17) is 39.3 Å². The number of carbonyl (C=O) groups is 21. The highest BCUT2D eigenvalue weighted by Gasteiger charge is 2.50. The van der Waals surface area contributed by atoms with Gasteiger partial charge in [0.25, 0.3) is 0 Å². The van der Waals surface area contributed by atoms with E-state index in [2.05, 4.69) is 57.8 Å². The lowest BCUT2D eigenvalue weighted by atomic mass is 9.86. The molecule has 0 bridgehead atoms. The van der Waals surface area contributed by atoms with E-state index >= 15 is 0 Å². The van der Waals surface area contributed by atoms with Gasteiger partial charge in [0.15, 0.2) is 34.7 Å². The summed E-state index contributed by atoms with van der Waals surface area (Å²) in [5, 5.41) is 161. The average molecular weight is 2050 g/mol. The van der Waals surface area contributed by atoms with Crippen LogP contribution in [0.15, 0.2) is 12.4 Å². The Morgan fingerprint density at radius 3 is 1.09 bits per heavy atom. The van der Waals surface area contributed by atoms with Gasteiger partial charge >= 0.3 is 41.8 Å². The molecule has 2 aromatic rings. The lowest BCUT2D eigenvalue weighted by Gasteiger charge is -2.40. The van der Waals surface area contributed by atoms with Crippen molar-refractivity contribution in [1.82, 2.24) is 67.2 Å². The first-order valence-electron chi connectivity index (χ1n) is 45.5. The molecule has 4 heterocycles. The molecule has 19 atom stereocenters. The molecule has 22 N–H and O–H groups in total. The second kappa shape index (κ2) is 66.6. The van der Waals surface area contributed by atoms with Crippen molar-refractivity contribution in [2.75, 3.05) is 85.8 Å². The fourth-order valence-corrected chi connectivity index (χ4v) is 14.2. The monoisotopic (exact) mass is 2050 g/mol. The first kappa shape index (κ1) is 127. The van der Waals surface area contributed by atoms with Crippen LogP contribution in [0.4, 0.5) is 8.78 Å². The van der Waals surface area contributed by atoms with Crippen molar-refractivity contribution < 1.29 is 204 Å². The van der Waals surface area contributed by atoms with Gasteiger partial charge in [0.05, 0.1) is 146 Å². The molecule has 2 aliphatic heterocycles. The Labute approximate surface area is 817 Å². The van der Waals surface area contributed by atoms with Crippen LogP contribution in [0.5, 0.6) is 0 Å². The van der Waals surface area contributed by atoms with E-state index in [9.17, 15) is 171 Å². The molecule has 4 rings (SSSR count). The number of Topliss-reactive ketones (excluding diaryl/α,β-unsaturated/α-hetero) is 6. The first-order valence-corrected chi connectivity index (χ1v) is 45.5. The number of amides is 8. The van der Waals surface area contributed by atoms with Crippen LogP contribution in [-0.2, 0) is 155 Å². The Morgan fingerprint density at radius 1 is 0.392 bits per heavy atom. The molecule has 143 heavy (non-hydrogen) atoms. The number of nitrogens with one attached hydrogen (secondary N) is 7. The third kappa shape index (κ3) is 48.6. The molecule has 10 unspecified atom stereocenters. The van der Waals surface area contributed by atoms with E-state index in [-0.39, 0.29) is 112 Å². The average Bonchev–Trinajstić information content (AvgIpc) is 1.78. The van der Waals surface area contributed by atoms with Gasteiger partial charge in [0.2, 0.25) is 47.3 Å². The number of aryl methyl sites for hydroxylation is 2. The highest BCUT2D eigenvalue weighted by molar-refractivity contribution is 6.00. The van der Waals surface area contributed by atoms with E-state index in [1.165, 1.54) is 47.0 Å². The van der Waals surface area contributed by atoms with Crippen molar-refractivity contribution in [2.24, 2.45) is 47.2 Å². The quantitative estimate of drug-likeness (QED) is 0.0274. The van der Waals surface area contributed by atoms with Crippen molar-refractivity contribution in [1.29, 1.82) is 0 Å². The van der Waals surface area contributed by atoms with Crippen LogP contribution < -0.4 is 43.0 Å². The lowest BCUT2D eigenvalue weighted by molar-refractivity contribution is -0.218. The standard InChI is InChI=1S/C49H76FN7O23.C37H54FN7O17.CH4/c1-27(2)31(49(75)54-33(23-42(68)69)34(58)19-28(3)47(73)51-10-12-77-14-16-79-18-17-78-15-13-76-11-8-40(64)65)22-35(59)32(6-7-39(62)63)53-48(74)29(21-41(66)67)20-36(60)46-45(72)44(71)43(70)37(80-46)24-52-38(61)26-57-25-30(55-56-57)5-4-9-50;1-17(2)20(37(61)42-22(13-31(55)56)23(46)6-7-27(39)49)12-24(47)21(5-8-29(51)52)41-36(60)18(11-30(53)54)10-25(48)35-34(59)33(58)32(57)26(62-35)14-40-28(50)16-45-15-19(43-44-45)4-3-9-38;/h25,27-29,31-33,37,43-46,70-72H,4-24,26H2,1-3H3,(H,51,73)(H,52,61)(H,53,74)(H,54,75)(H,62,63)(H,64,65)(H,66,67)(H,68,69);15,17-18,20-22,26,32-35,57-59H,3-14,16H2,1-2H3,(H2,39,49)(H,40,50)(H,41,60)(H,42,61)(H,51,52)(H,53,54)(H,55,56);1H4/t28-,29+,31+,32+,33+,37?,43?,44?,45?,46?;18-,20-,21-,22-,26?,32?,33?,34?,35?;/m10./s1/i50-1;38-1;. The summed E-state index contributed by atoms with van der Waals surface area (Å²) in [5.41, 5.74) is 5.91. The van der Waals surface area contributed by atoms with E-state index in [0.717, 1.165) is 9.36 Å². The zero-order valence-electron chi connectivity index (χ0n) is 78.9. The molecule has 54 nitrogen and oxygen atoms in total. The molecule has 2 saturated heterocycles. The normalized spacial score (nSPS) is 19.5. The summed E-state index contributed by atoms with van der Waals surface area (Å²) in [5.74, 6) is -31.8. The molecule has 2 aromatic heterocycles. The Bertz CT molecular complexity index is 4540. The molecule has 0 aromatic carbocycles. The van der Waals surface area contributed by atoms with Crippen LogP contribution in [-0.4, -0.2) is 391 Å². The minimum Gasteiger partial charge on any atom is -0.481 e. The molecular weight excluding hydrogens is 1920 g/mol. The number of ether oxygens (including phenoxy) is 6. The third-order valence-corrected chi connectivity index (χ3v) is 22.1. The highest BCUT2D eigenvalue weighted by atomic mass is 18.2. The minimum atomic E-state index is -2.12. The number of hydrogen-bond acceptors (Lipinski definition) is 37. The third-order valence-electron chi connectivity index (χ3n) is 22.1. The van der Waals surface area contributed by atoms with Gasteiger partial charge in [-0.2, -0.15) is 0 Å². The second-order valence-corrected chi connectivity index (χ2v) is 34.3. The molecule has 2 aliphatic rings. The molecule has 806 valence electrons. The molecule has 2 fully saturated rings. The van der Waals surface area contributed by atoms with Gasteiger partial charge in [-0.25, -0.2) is 9.36 Å². The van der Waals surface area contributed by atoms with Crippen molar-refractivity contribution in [2.45, 2.75) is 269 Å². The summed E-state index contributed by atoms with van der Waals surface area (Å²) in [6.07, 6.45) is -26.9. The Kier molecular flexibility index (Phi) is 59.0. The molecular formula is C87H134F2N14O40. The molecule has 0 radical (unpaired) electrons. The number of aromatic nitrogens is 6. The van der Waals surface area contributed by atoms with Crippen LogP contribution in [0.25, 0.3) is 0 Å². The van der Waals surface area contributed by atoms with Gasteiger partial charge < -0.3 is 138 Å². The number of nitrogens with two attached hydrogens (primary N) is 1. The van der Waals surface area contributed by atoms with Gasteiger partial charge in [0, 0.05) is 108 Å². The van der Waals surface area contributed by atoms with Crippen molar-refractivity contribution in [3.8, 4) is 0 Å². The van der Waals surface area contributed by atoms with Gasteiger partial charge in [-0.05, 0) is 50.4 Å². The number of alkyl halides is 2. The molecule has 0 saturated carbocycles. The number of aliphatic hydroxyl groups excluding tert-OH is 6. The van der Waals surface area contributed by atoms with Gasteiger partial charge in [-0.15, -0.1) is 10.2 Å². The Hall–Kier alpha value is -12.3. The van der Waals surface area contributed by atoms with E-state index in [1.54, 1.807) is 0 Å². The number of aliphatic carboxylic acids is 7. The highest BCUT2D eigenvalue weighted by Crippen LogP contribution is 2.29. The van der Waals surface area contributed by atoms with E-state index < -0.39 is 373 Å². The van der Waals surface area contributed by atoms with Crippen LogP contribution in [0.2, 0.25) is 0 Å². The Balaban J connectivity index is 0.000000990. The summed E-state index contributed by atoms with van der Waals surface area (Å²) in [6.45, 7) is 5.99. The number of carboxylic acid groups (broad SMARTS) is 7. The van der Waals surface area contributed by atoms with Crippen molar-refractivity contribution >= 4 is 124 Å². The summed E-state index contributed by atoms with van der Waals surface area (Å²) < 4.78 is 59.6. The summed E-state index contributed by atoms with van der Waals surface area (Å²) >= 11 is 0. The maximum Gasteiger partial charge on any atom is 0.305 e. The largest absolute Gasteiger partial charge is 0.481 e. The predicted molar refractivity (Wildman–Crippen MR) is 478 cm³/mol. The number of aliphatic hydroxyl groups is 6. The summed E-state index contributed by atoms with van der Waals surface area (Å²) in [6, 6.07) is -6.71. The van der Waals surface area contributed by atoms with Crippen LogP contribution in [0.3, 0.4) is 0 Å².